The number of nitrogens with zero attached hydrogens (tertiary/aromatic N) is 3. The average Bonchev–Trinajstić information content (AvgIpc) is 3.29. The molecule has 3 amide bonds. The maximum atomic E-state index is 13.7. The summed E-state index contributed by atoms with van der Waals surface area (Å²) in [4.78, 5) is 66.3. The van der Waals surface area contributed by atoms with E-state index in [1.165, 1.54) is 25.3 Å². The molecule has 0 radical (unpaired) electrons. The van der Waals surface area contributed by atoms with E-state index < -0.39 is 42.8 Å². The van der Waals surface area contributed by atoms with Gasteiger partial charge in [0.25, 0.3) is 11.8 Å². The summed E-state index contributed by atoms with van der Waals surface area (Å²) in [7, 11) is 0. The topological polar surface area (TPSA) is 149 Å². The van der Waals surface area contributed by atoms with Crippen LogP contribution in [0.3, 0.4) is 0 Å². The van der Waals surface area contributed by atoms with E-state index in [1.54, 1.807) is 6.07 Å². The van der Waals surface area contributed by atoms with Crippen molar-refractivity contribution in [1.82, 2.24) is 20.5 Å². The normalized spacial score (nSPS) is 16.4. The summed E-state index contributed by atoms with van der Waals surface area (Å²) < 4.78 is 27.4. The van der Waals surface area contributed by atoms with E-state index >= 15 is 0 Å². The fourth-order valence-corrected chi connectivity index (χ4v) is 4.72. The first kappa shape index (κ1) is 35.4. The van der Waals surface area contributed by atoms with Gasteiger partial charge in [0.1, 0.15) is 23.7 Å². The number of aromatic nitrogens is 1. The number of aryl methyl sites for hydroxylation is 1. The first-order valence-corrected chi connectivity index (χ1v) is 15.0. The highest BCUT2D eigenvalue weighted by Gasteiger charge is 2.48. The number of hydrogen-bond donors (Lipinski definition) is 2. The van der Waals surface area contributed by atoms with E-state index in [1.807, 2.05) is 13.8 Å². The molecule has 236 valence electrons. The number of hydrogen-bond acceptors (Lipinski definition) is 7. The summed E-state index contributed by atoms with van der Waals surface area (Å²) in [5.74, 6) is -4.46. The zero-order valence-corrected chi connectivity index (χ0v) is 25.3. The molecular formula is C31H43F2N5O5. The zero-order valence-electron chi connectivity index (χ0n) is 25.3. The standard InChI is InChI=1S/C31H43F2N5O5/c1-21(2)27(40)9-7-5-4-6-8-15-36-28(41)13-12-26(39)11-10-24-17-23(14-16-35-24)29(42)37-22(3)30(43)38-20-31(32,33)18-25(38)19-34/h14,16-17,21-22,25H,4-13,15,18,20H2,1-3H3,(H,36,41)(H,37,42)/t22-,25+/m1/s1. The summed E-state index contributed by atoms with van der Waals surface area (Å²) in [6, 6.07) is 2.23. The lowest BCUT2D eigenvalue weighted by molar-refractivity contribution is -0.134. The van der Waals surface area contributed by atoms with Crippen LogP contribution < -0.4 is 10.6 Å². The molecule has 2 N–H and O–H groups in total. The van der Waals surface area contributed by atoms with Crippen LogP contribution in [-0.2, 0) is 25.6 Å². The predicted octanol–water partition coefficient (Wildman–Crippen LogP) is 3.92. The van der Waals surface area contributed by atoms with Gasteiger partial charge < -0.3 is 15.5 Å². The zero-order chi connectivity index (χ0) is 32.0. The van der Waals surface area contributed by atoms with Crippen LogP contribution in [0, 0.1) is 17.2 Å². The number of amides is 3. The van der Waals surface area contributed by atoms with Gasteiger partial charge in [0, 0.05) is 62.0 Å². The Kier molecular flexibility index (Phi) is 14.3. The van der Waals surface area contributed by atoms with Crippen LogP contribution in [-0.4, -0.2) is 70.3 Å². The average molecular weight is 604 g/mol. The van der Waals surface area contributed by atoms with Gasteiger partial charge >= 0.3 is 0 Å². The number of carbonyl (C=O) groups excluding carboxylic acids is 5. The monoisotopic (exact) mass is 603 g/mol. The van der Waals surface area contributed by atoms with Gasteiger partial charge in [-0.3, -0.25) is 29.0 Å². The van der Waals surface area contributed by atoms with Crippen molar-refractivity contribution in [3.8, 4) is 6.07 Å². The summed E-state index contributed by atoms with van der Waals surface area (Å²) in [6.45, 7) is 4.86. The maximum Gasteiger partial charge on any atom is 0.268 e. The van der Waals surface area contributed by atoms with E-state index in [-0.39, 0.29) is 48.9 Å². The summed E-state index contributed by atoms with van der Waals surface area (Å²) in [5, 5.41) is 14.4. The molecule has 1 fully saturated rings. The molecular weight excluding hydrogens is 560 g/mol. The largest absolute Gasteiger partial charge is 0.356 e. The molecule has 2 heterocycles. The molecule has 10 nitrogen and oxygen atoms in total. The molecule has 2 atom stereocenters. The number of rotatable bonds is 18. The molecule has 2 rings (SSSR count). The molecule has 0 spiro atoms. The molecule has 1 aromatic heterocycles. The van der Waals surface area contributed by atoms with Crippen molar-refractivity contribution in [1.29, 1.82) is 5.26 Å². The Labute approximate surface area is 252 Å². The van der Waals surface area contributed by atoms with Crippen molar-refractivity contribution in [2.75, 3.05) is 13.1 Å². The van der Waals surface area contributed by atoms with Gasteiger partial charge in [0.05, 0.1) is 12.6 Å². The first-order chi connectivity index (χ1) is 20.3. The lowest BCUT2D eigenvalue weighted by atomic mass is 10.0. The van der Waals surface area contributed by atoms with Crippen LogP contribution in [0.4, 0.5) is 8.78 Å². The van der Waals surface area contributed by atoms with Crippen LogP contribution in [0.1, 0.15) is 101 Å². The van der Waals surface area contributed by atoms with E-state index in [0.29, 0.717) is 24.4 Å². The Morgan fingerprint density at radius 1 is 1.05 bits per heavy atom. The summed E-state index contributed by atoms with van der Waals surface area (Å²) in [5.41, 5.74) is 0.658. The van der Waals surface area contributed by atoms with Crippen LogP contribution in [0.15, 0.2) is 18.3 Å². The van der Waals surface area contributed by atoms with Gasteiger partial charge in [-0.05, 0) is 38.3 Å². The predicted molar refractivity (Wildman–Crippen MR) is 155 cm³/mol. The number of alkyl halides is 2. The highest BCUT2D eigenvalue weighted by molar-refractivity contribution is 5.97. The van der Waals surface area contributed by atoms with Crippen LogP contribution in [0.5, 0.6) is 0 Å². The number of pyridine rings is 1. The van der Waals surface area contributed by atoms with E-state index in [0.717, 1.165) is 37.0 Å². The lowest BCUT2D eigenvalue weighted by Crippen LogP contribution is -2.48. The number of unbranched alkanes of at least 4 members (excludes halogenated alkanes) is 4. The SMILES string of the molecule is CC(C)C(=O)CCCCCCCNC(=O)CCC(=O)CCc1cc(C(=O)N[C@H](C)C(=O)N2CC(F)(F)C[C@H]2C#N)ccn1. The molecule has 12 heteroatoms. The fraction of sp³-hybridized carbons (Fsp3) is 0.645. The Balaban J connectivity index is 1.66. The van der Waals surface area contributed by atoms with Crippen LogP contribution in [0.25, 0.3) is 0 Å². The molecule has 0 bridgehead atoms. The molecule has 1 aliphatic heterocycles. The molecule has 0 unspecified atom stereocenters. The number of nitrogens with one attached hydrogen (secondary N) is 2. The smallest absolute Gasteiger partial charge is 0.268 e. The molecule has 0 aliphatic carbocycles. The van der Waals surface area contributed by atoms with Crippen LogP contribution >= 0.6 is 0 Å². The highest BCUT2D eigenvalue weighted by atomic mass is 19.3. The minimum Gasteiger partial charge on any atom is -0.356 e. The second-order valence-corrected chi connectivity index (χ2v) is 11.4. The molecule has 1 aromatic rings. The lowest BCUT2D eigenvalue weighted by Gasteiger charge is -2.23. The van der Waals surface area contributed by atoms with Gasteiger partial charge in [-0.1, -0.05) is 33.1 Å². The number of halogens is 2. The third-order valence-electron chi connectivity index (χ3n) is 7.36. The minimum atomic E-state index is -3.15. The highest BCUT2D eigenvalue weighted by Crippen LogP contribution is 2.32. The second kappa shape index (κ2) is 17.4. The quantitative estimate of drug-likeness (QED) is 0.242. The Hall–Kier alpha value is -3.75. The van der Waals surface area contributed by atoms with Gasteiger partial charge in [-0.25, -0.2) is 8.78 Å². The van der Waals surface area contributed by atoms with Crippen molar-refractivity contribution in [2.24, 2.45) is 5.92 Å². The van der Waals surface area contributed by atoms with Gasteiger partial charge in [0.15, 0.2) is 0 Å². The number of likely N-dealkylation sites (tertiary alicyclic amines) is 1. The summed E-state index contributed by atoms with van der Waals surface area (Å²) in [6.07, 6.45) is 6.57. The van der Waals surface area contributed by atoms with Gasteiger partial charge in [-0.15, -0.1) is 0 Å². The second-order valence-electron chi connectivity index (χ2n) is 11.4. The van der Waals surface area contributed by atoms with E-state index in [9.17, 15) is 32.8 Å². The van der Waals surface area contributed by atoms with E-state index in [2.05, 4.69) is 15.6 Å². The number of carbonyl (C=O) groups is 5. The van der Waals surface area contributed by atoms with Crippen molar-refractivity contribution >= 4 is 29.3 Å². The van der Waals surface area contributed by atoms with Crippen molar-refractivity contribution in [3.05, 3.63) is 29.6 Å². The molecule has 0 saturated carbocycles. The Morgan fingerprint density at radius 2 is 1.74 bits per heavy atom. The first-order valence-electron chi connectivity index (χ1n) is 15.0. The minimum absolute atomic E-state index is 0.0857. The van der Waals surface area contributed by atoms with Crippen molar-refractivity contribution in [2.45, 2.75) is 109 Å². The fourth-order valence-electron chi connectivity index (χ4n) is 4.72. The molecule has 1 aliphatic rings. The number of ketones is 2. The van der Waals surface area contributed by atoms with Crippen LogP contribution in [0.2, 0.25) is 0 Å². The van der Waals surface area contributed by atoms with Gasteiger partial charge in [-0.2, -0.15) is 5.26 Å². The number of Topliss-reactive ketones (excluding diaryl/α,β-unsaturated/α-hetero) is 2. The number of nitriles is 1. The van der Waals surface area contributed by atoms with E-state index in [4.69, 9.17) is 5.26 Å². The van der Waals surface area contributed by atoms with Crippen molar-refractivity contribution < 1.29 is 32.8 Å². The Morgan fingerprint density at radius 3 is 2.44 bits per heavy atom. The third-order valence-corrected chi connectivity index (χ3v) is 7.36. The molecule has 1 saturated heterocycles. The van der Waals surface area contributed by atoms with Crippen molar-refractivity contribution in [3.63, 3.8) is 0 Å². The summed E-state index contributed by atoms with van der Waals surface area (Å²) >= 11 is 0. The molecule has 43 heavy (non-hydrogen) atoms. The van der Waals surface area contributed by atoms with Gasteiger partial charge in [0.2, 0.25) is 11.8 Å². The molecule has 0 aromatic carbocycles. The maximum absolute atomic E-state index is 13.7. The Bertz CT molecular complexity index is 1180. The third kappa shape index (κ3) is 12.6.